The van der Waals surface area contributed by atoms with Gasteiger partial charge in [0.05, 0.1) is 16.8 Å². The second kappa shape index (κ2) is 7.61. The Balaban J connectivity index is 1.50. The zero-order valence-electron chi connectivity index (χ0n) is 14.3. The molecule has 138 valence electrons. The summed E-state index contributed by atoms with van der Waals surface area (Å²) in [5, 5.41) is 12.2. The third kappa shape index (κ3) is 3.79. The van der Waals surface area contributed by atoms with Crippen molar-refractivity contribution in [3.63, 3.8) is 0 Å². The Bertz CT molecular complexity index is 1080. The molecule has 0 aliphatic carbocycles. The van der Waals surface area contributed by atoms with Crippen LogP contribution in [0, 0.1) is 6.92 Å². The number of anilines is 2. The molecule has 4 rings (SSSR count). The summed E-state index contributed by atoms with van der Waals surface area (Å²) >= 11 is 2.73. The van der Waals surface area contributed by atoms with Gasteiger partial charge in [-0.2, -0.15) is 8.78 Å². The topological polar surface area (TPSA) is 55.6 Å². The Morgan fingerprint density at radius 1 is 1.11 bits per heavy atom. The zero-order valence-corrected chi connectivity index (χ0v) is 15.9. The fourth-order valence-corrected chi connectivity index (χ4v) is 4.38. The van der Waals surface area contributed by atoms with Gasteiger partial charge in [0.2, 0.25) is 5.13 Å². The fourth-order valence-electron chi connectivity index (χ4n) is 2.69. The van der Waals surface area contributed by atoms with Crippen molar-refractivity contribution in [3.8, 4) is 0 Å². The second-order valence-corrected chi connectivity index (χ2v) is 7.97. The maximum absolute atomic E-state index is 13.5. The standard InChI is InChI=1S/C18H15F2N5S2/c1-11-6-2-3-7-12(11)22-17-23-24-18(27-17)26-10-15-21-13-8-4-5-9-14(13)25(15)16(19)20/h2-9,16H,10H2,1H3,(H,22,23). The van der Waals surface area contributed by atoms with E-state index in [9.17, 15) is 8.78 Å². The number of aromatic nitrogens is 4. The minimum atomic E-state index is -2.64. The summed E-state index contributed by atoms with van der Waals surface area (Å²) in [4.78, 5) is 4.34. The molecule has 2 aromatic heterocycles. The molecule has 0 atom stereocenters. The smallest absolute Gasteiger partial charge is 0.320 e. The number of nitrogens with one attached hydrogen (secondary N) is 1. The van der Waals surface area contributed by atoms with Crippen molar-refractivity contribution >= 4 is 45.0 Å². The van der Waals surface area contributed by atoms with Gasteiger partial charge in [-0.15, -0.1) is 10.2 Å². The van der Waals surface area contributed by atoms with Gasteiger partial charge in [0.1, 0.15) is 5.82 Å². The van der Waals surface area contributed by atoms with Gasteiger partial charge in [0, 0.05) is 5.69 Å². The fraction of sp³-hybridized carbons (Fsp3) is 0.167. The Morgan fingerprint density at radius 3 is 2.70 bits per heavy atom. The van der Waals surface area contributed by atoms with Crippen LogP contribution in [-0.2, 0) is 5.75 Å². The molecule has 0 aliphatic heterocycles. The van der Waals surface area contributed by atoms with Gasteiger partial charge in [-0.05, 0) is 30.7 Å². The third-order valence-electron chi connectivity index (χ3n) is 3.98. The molecular formula is C18H15F2N5S2. The summed E-state index contributed by atoms with van der Waals surface area (Å²) < 4.78 is 28.6. The van der Waals surface area contributed by atoms with Gasteiger partial charge >= 0.3 is 6.55 Å². The summed E-state index contributed by atoms with van der Waals surface area (Å²) in [7, 11) is 0. The van der Waals surface area contributed by atoms with Crippen molar-refractivity contribution in [2.75, 3.05) is 5.32 Å². The summed E-state index contributed by atoms with van der Waals surface area (Å²) in [6.07, 6.45) is 0. The molecule has 27 heavy (non-hydrogen) atoms. The van der Waals surface area contributed by atoms with Crippen LogP contribution in [-0.4, -0.2) is 19.7 Å². The molecule has 0 unspecified atom stereocenters. The van der Waals surface area contributed by atoms with Gasteiger partial charge in [0.25, 0.3) is 0 Å². The average Bonchev–Trinajstić information content (AvgIpc) is 3.25. The van der Waals surface area contributed by atoms with E-state index in [4.69, 9.17) is 0 Å². The predicted octanol–water partition coefficient (Wildman–Crippen LogP) is 5.63. The Kier molecular flexibility index (Phi) is 5.04. The van der Waals surface area contributed by atoms with Crippen molar-refractivity contribution in [1.82, 2.24) is 19.7 Å². The van der Waals surface area contributed by atoms with Crippen LogP contribution >= 0.6 is 23.1 Å². The van der Waals surface area contributed by atoms with Crippen LogP contribution in [0.4, 0.5) is 19.6 Å². The number of para-hydroxylation sites is 3. The van der Waals surface area contributed by atoms with E-state index in [1.807, 2.05) is 31.2 Å². The maximum Gasteiger partial charge on any atom is 0.320 e. The van der Waals surface area contributed by atoms with Crippen molar-refractivity contribution in [1.29, 1.82) is 0 Å². The lowest BCUT2D eigenvalue weighted by molar-refractivity contribution is 0.0722. The van der Waals surface area contributed by atoms with Crippen LogP contribution in [0.3, 0.4) is 0 Å². The van der Waals surface area contributed by atoms with Crippen LogP contribution in [0.1, 0.15) is 17.9 Å². The molecule has 0 fully saturated rings. The molecular weight excluding hydrogens is 388 g/mol. The number of nitrogens with zero attached hydrogens (tertiary/aromatic N) is 4. The number of benzene rings is 2. The van der Waals surface area contributed by atoms with Gasteiger partial charge < -0.3 is 5.32 Å². The van der Waals surface area contributed by atoms with Crippen LogP contribution < -0.4 is 5.32 Å². The maximum atomic E-state index is 13.5. The highest BCUT2D eigenvalue weighted by atomic mass is 32.2. The van der Waals surface area contributed by atoms with Crippen LogP contribution in [0.15, 0.2) is 52.9 Å². The van der Waals surface area contributed by atoms with Crippen molar-refractivity contribution in [2.45, 2.75) is 23.6 Å². The molecule has 5 nitrogen and oxygen atoms in total. The molecule has 0 amide bonds. The van der Waals surface area contributed by atoms with Gasteiger partial charge in [-0.1, -0.05) is 53.4 Å². The zero-order chi connectivity index (χ0) is 18.8. The van der Waals surface area contributed by atoms with Gasteiger partial charge in [-0.3, -0.25) is 4.57 Å². The number of imidazole rings is 1. The molecule has 0 aliphatic rings. The summed E-state index contributed by atoms with van der Waals surface area (Å²) in [6.45, 7) is -0.630. The Morgan fingerprint density at radius 2 is 1.89 bits per heavy atom. The van der Waals surface area contributed by atoms with Crippen LogP contribution in [0.25, 0.3) is 11.0 Å². The number of hydrogen-bond acceptors (Lipinski definition) is 6. The van der Waals surface area contributed by atoms with E-state index in [0.717, 1.165) is 15.8 Å². The molecule has 0 saturated heterocycles. The molecule has 9 heteroatoms. The largest absolute Gasteiger partial charge is 0.330 e. The normalized spacial score (nSPS) is 11.4. The SMILES string of the molecule is Cc1ccccc1Nc1nnc(SCc2nc3ccccc3n2C(F)F)s1. The predicted molar refractivity (Wildman–Crippen MR) is 105 cm³/mol. The lowest BCUT2D eigenvalue weighted by atomic mass is 10.2. The summed E-state index contributed by atoms with van der Waals surface area (Å²) in [6, 6.07) is 14.8. The minimum absolute atomic E-state index is 0.290. The lowest BCUT2D eigenvalue weighted by Crippen LogP contribution is -2.03. The summed E-state index contributed by atoms with van der Waals surface area (Å²) in [5.74, 6) is 0.609. The lowest BCUT2D eigenvalue weighted by Gasteiger charge is -2.06. The van der Waals surface area contributed by atoms with Gasteiger partial charge in [-0.25, -0.2) is 4.98 Å². The Hall–Kier alpha value is -2.52. The molecule has 0 radical (unpaired) electrons. The highest BCUT2D eigenvalue weighted by molar-refractivity contribution is 8.00. The van der Waals surface area contributed by atoms with E-state index in [2.05, 4.69) is 20.5 Å². The molecule has 2 aromatic carbocycles. The van der Waals surface area contributed by atoms with E-state index in [1.54, 1.807) is 24.3 Å². The van der Waals surface area contributed by atoms with Crippen molar-refractivity contribution < 1.29 is 8.78 Å². The number of fused-ring (bicyclic) bond motifs is 1. The second-order valence-electron chi connectivity index (χ2n) is 5.77. The molecule has 0 spiro atoms. The van der Waals surface area contributed by atoms with E-state index in [0.29, 0.717) is 26.3 Å². The van der Waals surface area contributed by atoms with E-state index in [-0.39, 0.29) is 5.75 Å². The van der Waals surface area contributed by atoms with E-state index < -0.39 is 6.55 Å². The molecule has 1 N–H and O–H groups in total. The van der Waals surface area contributed by atoms with Crippen molar-refractivity contribution in [2.24, 2.45) is 0 Å². The van der Waals surface area contributed by atoms with Gasteiger partial charge in [0.15, 0.2) is 4.34 Å². The number of alkyl halides is 2. The average molecular weight is 403 g/mol. The van der Waals surface area contributed by atoms with E-state index >= 15 is 0 Å². The first kappa shape index (κ1) is 17.9. The molecule has 0 saturated carbocycles. The first-order valence-electron chi connectivity index (χ1n) is 8.15. The molecule has 4 aromatic rings. The summed E-state index contributed by atoms with van der Waals surface area (Å²) in [5.41, 5.74) is 3.06. The first-order valence-corrected chi connectivity index (χ1v) is 9.95. The Labute approximate surface area is 162 Å². The number of hydrogen-bond donors (Lipinski definition) is 1. The van der Waals surface area contributed by atoms with Crippen molar-refractivity contribution in [3.05, 3.63) is 59.9 Å². The highest BCUT2D eigenvalue weighted by Crippen LogP contribution is 2.32. The first-order chi connectivity index (χ1) is 13.1. The van der Waals surface area contributed by atoms with Crippen LogP contribution in [0.2, 0.25) is 0 Å². The number of aryl methyl sites for hydroxylation is 1. The van der Waals surface area contributed by atoms with E-state index in [1.165, 1.54) is 23.1 Å². The number of thioether (sulfide) groups is 1. The number of rotatable bonds is 6. The number of halogens is 2. The monoisotopic (exact) mass is 403 g/mol. The molecule has 0 bridgehead atoms. The highest BCUT2D eigenvalue weighted by Gasteiger charge is 2.18. The minimum Gasteiger partial charge on any atom is -0.330 e. The third-order valence-corrected chi connectivity index (χ3v) is 5.95. The van der Waals surface area contributed by atoms with Crippen LogP contribution in [0.5, 0.6) is 0 Å². The quantitative estimate of drug-likeness (QED) is 0.423. The molecule has 2 heterocycles.